The molecule has 184 valence electrons. The molecule has 0 atom stereocenters. The summed E-state index contributed by atoms with van der Waals surface area (Å²) in [6.45, 7) is 0.334. The first-order valence-electron chi connectivity index (χ1n) is 11.1. The van der Waals surface area contributed by atoms with Gasteiger partial charge in [-0.2, -0.15) is 15.4 Å². The lowest BCUT2D eigenvalue weighted by atomic mass is 10.1. The van der Waals surface area contributed by atoms with Crippen molar-refractivity contribution in [1.29, 1.82) is 0 Å². The van der Waals surface area contributed by atoms with Crippen molar-refractivity contribution in [3.8, 4) is 0 Å². The Morgan fingerprint density at radius 3 is 2.62 bits per heavy atom. The minimum absolute atomic E-state index is 0.174. The van der Waals surface area contributed by atoms with Gasteiger partial charge in [0.15, 0.2) is 0 Å². The van der Waals surface area contributed by atoms with E-state index in [1.165, 1.54) is 24.3 Å². The highest BCUT2D eigenvalue weighted by molar-refractivity contribution is 9.10. The number of fused-ring (bicyclic) bond motifs is 2. The highest BCUT2D eigenvalue weighted by Crippen LogP contribution is 2.21. The maximum absolute atomic E-state index is 12.9. The van der Waals surface area contributed by atoms with E-state index in [1.807, 2.05) is 30.5 Å². The molecule has 0 bridgehead atoms. The number of carboxylic acid groups (broad SMARTS) is 1. The van der Waals surface area contributed by atoms with Gasteiger partial charge in [0.1, 0.15) is 16.7 Å². The fraction of sp³-hybridized carbons (Fsp3) is 0.0385. The Labute approximate surface area is 217 Å². The SMILES string of the molecule is O=C(O)C(=Cc1ccc2n[nH]nc2c1)NC(=O)c1ccc(C(=O)NCc2cccc3[nH]ccc23)cc1Br. The molecule has 11 heteroatoms. The highest BCUT2D eigenvalue weighted by atomic mass is 79.9. The largest absolute Gasteiger partial charge is 0.477 e. The van der Waals surface area contributed by atoms with Crippen molar-refractivity contribution in [2.24, 2.45) is 0 Å². The van der Waals surface area contributed by atoms with Gasteiger partial charge in [-0.15, -0.1) is 0 Å². The molecular weight excluding hydrogens is 540 g/mol. The first-order valence-corrected chi connectivity index (χ1v) is 11.9. The Morgan fingerprint density at radius 2 is 1.81 bits per heavy atom. The maximum atomic E-state index is 12.9. The van der Waals surface area contributed by atoms with E-state index in [4.69, 9.17) is 0 Å². The molecule has 0 saturated carbocycles. The van der Waals surface area contributed by atoms with Gasteiger partial charge in [-0.3, -0.25) is 9.59 Å². The van der Waals surface area contributed by atoms with Gasteiger partial charge in [-0.05, 0) is 75.6 Å². The molecule has 0 radical (unpaired) electrons. The third kappa shape index (κ3) is 5.11. The summed E-state index contributed by atoms with van der Waals surface area (Å²) < 4.78 is 0.346. The second-order valence-electron chi connectivity index (χ2n) is 8.12. The van der Waals surface area contributed by atoms with Crippen molar-refractivity contribution >= 4 is 61.7 Å². The molecule has 2 heterocycles. The van der Waals surface area contributed by atoms with E-state index in [-0.39, 0.29) is 17.2 Å². The lowest BCUT2D eigenvalue weighted by Gasteiger charge is -2.10. The molecule has 5 N–H and O–H groups in total. The predicted molar refractivity (Wildman–Crippen MR) is 141 cm³/mol. The van der Waals surface area contributed by atoms with Crippen LogP contribution < -0.4 is 10.6 Å². The fourth-order valence-corrected chi connectivity index (χ4v) is 4.44. The first kappa shape index (κ1) is 23.9. The van der Waals surface area contributed by atoms with E-state index in [0.717, 1.165) is 16.5 Å². The van der Waals surface area contributed by atoms with Gasteiger partial charge in [0.2, 0.25) is 0 Å². The molecule has 5 aromatic rings. The van der Waals surface area contributed by atoms with E-state index >= 15 is 0 Å². The molecular formula is C26H19BrN6O4. The number of carbonyl (C=O) groups excluding carboxylic acids is 2. The number of aromatic amines is 2. The molecule has 2 amide bonds. The smallest absolute Gasteiger partial charge is 0.352 e. The van der Waals surface area contributed by atoms with Crippen LogP contribution in [0, 0.1) is 0 Å². The van der Waals surface area contributed by atoms with Crippen LogP contribution in [0.1, 0.15) is 31.8 Å². The number of nitrogens with zero attached hydrogens (tertiary/aromatic N) is 2. The summed E-state index contributed by atoms with van der Waals surface area (Å²) in [5, 5.41) is 26.4. The van der Waals surface area contributed by atoms with Crippen LogP contribution in [0.5, 0.6) is 0 Å². The monoisotopic (exact) mass is 558 g/mol. The van der Waals surface area contributed by atoms with Gasteiger partial charge < -0.3 is 20.7 Å². The summed E-state index contributed by atoms with van der Waals surface area (Å²) >= 11 is 3.33. The van der Waals surface area contributed by atoms with Gasteiger partial charge in [-0.1, -0.05) is 18.2 Å². The van der Waals surface area contributed by atoms with E-state index in [0.29, 0.717) is 33.2 Å². The topological polar surface area (TPSA) is 153 Å². The van der Waals surface area contributed by atoms with Crippen molar-refractivity contribution in [3.63, 3.8) is 0 Å². The molecule has 2 aromatic heterocycles. The van der Waals surface area contributed by atoms with Gasteiger partial charge in [0.05, 0.1) is 5.56 Å². The molecule has 0 saturated heterocycles. The van der Waals surface area contributed by atoms with E-state index in [2.05, 4.69) is 47.0 Å². The zero-order valence-electron chi connectivity index (χ0n) is 19.1. The van der Waals surface area contributed by atoms with Crippen molar-refractivity contribution in [3.05, 3.63) is 99.3 Å². The number of hydrogen-bond acceptors (Lipinski definition) is 5. The Morgan fingerprint density at radius 1 is 0.973 bits per heavy atom. The summed E-state index contributed by atoms with van der Waals surface area (Å²) in [5.74, 6) is -2.26. The lowest BCUT2D eigenvalue weighted by Crippen LogP contribution is -2.28. The van der Waals surface area contributed by atoms with Crippen LogP contribution in [-0.2, 0) is 11.3 Å². The van der Waals surface area contributed by atoms with Crippen LogP contribution in [0.4, 0.5) is 0 Å². The fourth-order valence-electron chi connectivity index (χ4n) is 3.88. The number of halogens is 1. The minimum atomic E-state index is -1.31. The highest BCUT2D eigenvalue weighted by Gasteiger charge is 2.18. The second-order valence-corrected chi connectivity index (χ2v) is 8.98. The minimum Gasteiger partial charge on any atom is -0.477 e. The number of H-pyrrole nitrogens is 2. The molecule has 0 aliphatic carbocycles. The second kappa shape index (κ2) is 10.1. The number of nitrogens with one attached hydrogen (secondary N) is 4. The van der Waals surface area contributed by atoms with Crippen LogP contribution in [0.2, 0.25) is 0 Å². The van der Waals surface area contributed by atoms with Crippen molar-refractivity contribution in [2.45, 2.75) is 6.54 Å². The normalized spacial score (nSPS) is 11.5. The molecule has 5 rings (SSSR count). The number of amides is 2. The molecule has 3 aromatic carbocycles. The van der Waals surface area contributed by atoms with E-state index in [1.54, 1.807) is 18.2 Å². The Kier molecular flexibility index (Phi) is 6.52. The molecule has 0 spiro atoms. The molecule has 0 fully saturated rings. The summed E-state index contributed by atoms with van der Waals surface area (Å²) in [5.41, 5.74) is 3.88. The Bertz CT molecular complexity index is 1700. The Hall–Kier alpha value is -4.77. The van der Waals surface area contributed by atoms with Crippen LogP contribution >= 0.6 is 15.9 Å². The van der Waals surface area contributed by atoms with Crippen LogP contribution in [-0.4, -0.2) is 43.3 Å². The molecule has 0 unspecified atom stereocenters. The van der Waals surface area contributed by atoms with Crippen molar-refractivity contribution < 1.29 is 19.5 Å². The van der Waals surface area contributed by atoms with Crippen molar-refractivity contribution in [2.75, 3.05) is 0 Å². The number of rotatable bonds is 7. The van der Waals surface area contributed by atoms with Gasteiger partial charge >= 0.3 is 5.97 Å². The van der Waals surface area contributed by atoms with Crippen LogP contribution in [0.25, 0.3) is 28.0 Å². The van der Waals surface area contributed by atoms with Gasteiger partial charge in [0.25, 0.3) is 11.8 Å². The van der Waals surface area contributed by atoms with Gasteiger partial charge in [0, 0.05) is 33.7 Å². The molecule has 10 nitrogen and oxygen atoms in total. The Balaban J connectivity index is 1.29. The standard InChI is InChI=1S/C26H19BrN6O4/c27-19-12-15(24(34)29-13-16-2-1-3-20-17(16)8-9-28-20)5-6-18(19)25(35)30-23(26(36)37)11-14-4-7-21-22(10-14)32-33-31-21/h1-12,28H,13H2,(H,29,34)(H,30,35)(H,36,37)(H,31,32,33). The first-order chi connectivity index (χ1) is 17.9. The third-order valence-corrected chi connectivity index (χ3v) is 6.39. The third-order valence-electron chi connectivity index (χ3n) is 5.73. The van der Waals surface area contributed by atoms with Crippen LogP contribution in [0.15, 0.2) is 77.0 Å². The zero-order valence-corrected chi connectivity index (χ0v) is 20.7. The molecule has 0 aliphatic heterocycles. The number of carbonyl (C=O) groups is 3. The summed E-state index contributed by atoms with van der Waals surface area (Å²) in [7, 11) is 0. The average molecular weight is 559 g/mol. The number of hydrogen-bond donors (Lipinski definition) is 5. The number of aliphatic carboxylic acids is 1. The zero-order chi connectivity index (χ0) is 25.9. The average Bonchev–Trinajstić information content (AvgIpc) is 3.56. The number of aromatic nitrogens is 4. The summed E-state index contributed by atoms with van der Waals surface area (Å²) in [4.78, 5) is 40.5. The molecule has 37 heavy (non-hydrogen) atoms. The quantitative estimate of drug-likeness (QED) is 0.190. The van der Waals surface area contributed by atoms with E-state index < -0.39 is 11.9 Å². The van der Waals surface area contributed by atoms with Crippen LogP contribution in [0.3, 0.4) is 0 Å². The number of carboxylic acids is 1. The van der Waals surface area contributed by atoms with Crippen molar-refractivity contribution in [1.82, 2.24) is 31.0 Å². The number of benzene rings is 3. The van der Waals surface area contributed by atoms with E-state index in [9.17, 15) is 19.5 Å². The molecule has 0 aliphatic rings. The summed E-state index contributed by atoms with van der Waals surface area (Å²) in [6.07, 6.45) is 3.17. The lowest BCUT2D eigenvalue weighted by molar-refractivity contribution is -0.132. The predicted octanol–water partition coefficient (Wildman–Crippen LogP) is 3.99. The van der Waals surface area contributed by atoms with Gasteiger partial charge in [-0.25, -0.2) is 4.79 Å². The maximum Gasteiger partial charge on any atom is 0.352 e. The summed E-state index contributed by atoms with van der Waals surface area (Å²) in [6, 6.07) is 17.3.